The molecule has 1 atom stereocenters. The lowest BCUT2D eigenvalue weighted by Gasteiger charge is -2.33. The van der Waals surface area contributed by atoms with Crippen molar-refractivity contribution in [2.75, 3.05) is 6.54 Å². The van der Waals surface area contributed by atoms with Crippen molar-refractivity contribution in [3.05, 3.63) is 54.2 Å². The molecule has 0 saturated carbocycles. The van der Waals surface area contributed by atoms with E-state index < -0.39 is 11.6 Å². The number of hydrogen-bond acceptors (Lipinski definition) is 4. The minimum Gasteiger partial charge on any atom is -0.478 e. The summed E-state index contributed by atoms with van der Waals surface area (Å²) in [6.45, 7) is 4.07. The van der Waals surface area contributed by atoms with Crippen molar-refractivity contribution in [1.82, 2.24) is 10.2 Å². The number of hydrogen-bond donors (Lipinski definition) is 1. The Hall–Kier alpha value is -2.83. The van der Waals surface area contributed by atoms with E-state index in [4.69, 9.17) is 9.15 Å². The third kappa shape index (κ3) is 4.48. The Kier molecular flexibility index (Phi) is 5.48. The number of amides is 2. The molecule has 3 rings (SSSR count). The largest absolute Gasteiger partial charge is 0.478 e. The second-order valence-electron chi connectivity index (χ2n) is 7.02. The van der Waals surface area contributed by atoms with Gasteiger partial charge >= 0.3 is 0 Å². The van der Waals surface area contributed by atoms with Crippen LogP contribution in [0.25, 0.3) is 0 Å². The molecule has 2 heterocycles. The molecule has 1 aromatic carbocycles. The van der Waals surface area contributed by atoms with E-state index >= 15 is 0 Å². The molecule has 6 nitrogen and oxygen atoms in total. The summed E-state index contributed by atoms with van der Waals surface area (Å²) in [5.74, 6) is 0.184. The van der Waals surface area contributed by atoms with Crippen LogP contribution < -0.4 is 10.1 Å². The maximum absolute atomic E-state index is 13.1. The van der Waals surface area contributed by atoms with E-state index in [1.807, 2.05) is 0 Å². The Bertz CT molecular complexity index is 787. The summed E-state index contributed by atoms with van der Waals surface area (Å²) in [6, 6.07) is 8.49. The van der Waals surface area contributed by atoms with Gasteiger partial charge in [-0.15, -0.1) is 0 Å². The second-order valence-corrected chi connectivity index (χ2v) is 7.02. The second kappa shape index (κ2) is 7.82. The number of likely N-dealkylation sites (tertiary alicyclic amines) is 1. The van der Waals surface area contributed by atoms with Gasteiger partial charge in [-0.2, -0.15) is 0 Å². The fourth-order valence-electron chi connectivity index (χ4n) is 3.17. The Morgan fingerprint density at radius 1 is 1.30 bits per heavy atom. The van der Waals surface area contributed by atoms with Gasteiger partial charge < -0.3 is 19.4 Å². The summed E-state index contributed by atoms with van der Waals surface area (Å²) >= 11 is 0. The number of carbonyl (C=O) groups is 2. The summed E-state index contributed by atoms with van der Waals surface area (Å²) in [4.78, 5) is 27.1. The molecular weight excluding hydrogens is 351 g/mol. The highest BCUT2D eigenvalue weighted by Crippen LogP contribution is 2.25. The Morgan fingerprint density at radius 3 is 2.70 bits per heavy atom. The monoisotopic (exact) mass is 374 g/mol. The molecule has 1 saturated heterocycles. The molecule has 2 amide bonds. The normalized spacial score (nSPS) is 17.0. The van der Waals surface area contributed by atoms with E-state index in [1.54, 1.807) is 37.1 Å². The van der Waals surface area contributed by atoms with Crippen LogP contribution in [-0.4, -0.2) is 34.9 Å². The lowest BCUT2D eigenvalue weighted by molar-refractivity contribution is -0.149. The quantitative estimate of drug-likeness (QED) is 0.844. The van der Waals surface area contributed by atoms with Crippen LogP contribution in [0.5, 0.6) is 5.75 Å². The van der Waals surface area contributed by atoms with Crippen LogP contribution in [0.4, 0.5) is 4.39 Å². The van der Waals surface area contributed by atoms with E-state index in [0.29, 0.717) is 24.5 Å². The van der Waals surface area contributed by atoms with Crippen LogP contribution in [0, 0.1) is 5.82 Å². The predicted octanol–water partition coefficient (Wildman–Crippen LogP) is 2.88. The number of nitrogens with one attached hydrogen (secondary N) is 1. The molecule has 1 fully saturated rings. The molecule has 0 radical (unpaired) electrons. The first-order chi connectivity index (χ1) is 12.9. The van der Waals surface area contributed by atoms with Crippen molar-refractivity contribution in [1.29, 1.82) is 0 Å². The molecule has 1 aromatic heterocycles. The van der Waals surface area contributed by atoms with Crippen molar-refractivity contribution >= 4 is 11.8 Å². The van der Waals surface area contributed by atoms with E-state index in [9.17, 15) is 14.0 Å². The highest BCUT2D eigenvalue weighted by atomic mass is 19.1. The van der Waals surface area contributed by atoms with E-state index in [2.05, 4.69) is 5.32 Å². The zero-order valence-corrected chi connectivity index (χ0v) is 15.4. The van der Waals surface area contributed by atoms with Crippen molar-refractivity contribution in [2.45, 2.75) is 44.9 Å². The average Bonchev–Trinajstić information content (AvgIpc) is 3.32. The molecule has 1 aliphatic heterocycles. The van der Waals surface area contributed by atoms with Crippen molar-refractivity contribution < 1.29 is 23.1 Å². The molecule has 27 heavy (non-hydrogen) atoms. The van der Waals surface area contributed by atoms with Gasteiger partial charge in [-0.3, -0.25) is 9.59 Å². The van der Waals surface area contributed by atoms with Crippen LogP contribution in [0.15, 0.2) is 47.1 Å². The number of ether oxygens (including phenoxy) is 1. The number of furan rings is 1. The van der Waals surface area contributed by atoms with Gasteiger partial charge in [0.05, 0.1) is 12.8 Å². The first-order valence-electron chi connectivity index (χ1n) is 8.92. The summed E-state index contributed by atoms with van der Waals surface area (Å²) in [5.41, 5.74) is -1.18. The fourth-order valence-corrected chi connectivity index (χ4v) is 3.17. The average molecular weight is 374 g/mol. The lowest BCUT2D eigenvalue weighted by atomic mass is 10.1. The predicted molar refractivity (Wildman–Crippen MR) is 96.4 cm³/mol. The van der Waals surface area contributed by atoms with E-state index in [-0.39, 0.29) is 24.2 Å². The van der Waals surface area contributed by atoms with Crippen LogP contribution in [0.3, 0.4) is 0 Å². The molecule has 2 aromatic rings. The standard InChI is InChI=1S/C20H23FN2O4/c1-20(2,27-15-9-7-14(21)8-10-15)19(25)23-11-3-6-17(23)18(24)22-13-16-5-4-12-26-16/h4-5,7-10,12,17H,3,6,11,13H2,1-2H3,(H,22,24). The van der Waals surface area contributed by atoms with Crippen LogP contribution in [0.2, 0.25) is 0 Å². The molecule has 0 bridgehead atoms. The van der Waals surface area contributed by atoms with E-state index in [1.165, 1.54) is 24.3 Å². The summed E-state index contributed by atoms with van der Waals surface area (Å²) < 4.78 is 24.0. The number of rotatable bonds is 6. The van der Waals surface area contributed by atoms with Crippen molar-refractivity contribution in [2.24, 2.45) is 0 Å². The van der Waals surface area contributed by atoms with Crippen molar-refractivity contribution in [3.8, 4) is 5.75 Å². The smallest absolute Gasteiger partial charge is 0.266 e. The highest BCUT2D eigenvalue weighted by molar-refractivity contribution is 5.91. The molecular formula is C20H23FN2O4. The van der Waals surface area contributed by atoms with Gasteiger partial charge in [0.25, 0.3) is 5.91 Å². The van der Waals surface area contributed by atoms with Gasteiger partial charge in [-0.05, 0) is 63.1 Å². The van der Waals surface area contributed by atoms with Crippen molar-refractivity contribution in [3.63, 3.8) is 0 Å². The van der Waals surface area contributed by atoms with E-state index in [0.717, 1.165) is 6.42 Å². The molecule has 144 valence electrons. The van der Waals surface area contributed by atoms with Gasteiger partial charge in [0, 0.05) is 6.54 Å². The zero-order valence-electron chi connectivity index (χ0n) is 15.4. The maximum Gasteiger partial charge on any atom is 0.266 e. The Balaban J connectivity index is 1.64. The lowest BCUT2D eigenvalue weighted by Crippen LogP contribution is -2.54. The molecule has 1 unspecified atom stereocenters. The van der Waals surface area contributed by atoms with Gasteiger partial charge in [0.2, 0.25) is 5.91 Å². The maximum atomic E-state index is 13.1. The van der Waals surface area contributed by atoms with Crippen LogP contribution >= 0.6 is 0 Å². The summed E-state index contributed by atoms with van der Waals surface area (Å²) in [6.07, 6.45) is 2.89. The number of benzene rings is 1. The zero-order chi connectivity index (χ0) is 19.4. The van der Waals surface area contributed by atoms with Gasteiger partial charge in [0.1, 0.15) is 23.4 Å². The molecule has 0 spiro atoms. The Morgan fingerprint density at radius 2 is 2.04 bits per heavy atom. The topological polar surface area (TPSA) is 71.8 Å². The fraction of sp³-hybridized carbons (Fsp3) is 0.400. The van der Waals surface area contributed by atoms with Crippen LogP contribution in [0.1, 0.15) is 32.4 Å². The minimum atomic E-state index is -1.18. The summed E-state index contributed by atoms with van der Waals surface area (Å²) in [5, 5.41) is 2.81. The molecule has 1 aliphatic rings. The first-order valence-corrected chi connectivity index (χ1v) is 8.92. The summed E-state index contributed by atoms with van der Waals surface area (Å²) in [7, 11) is 0. The number of carbonyl (C=O) groups excluding carboxylic acids is 2. The highest BCUT2D eigenvalue weighted by Gasteiger charge is 2.42. The molecule has 7 heteroatoms. The minimum absolute atomic E-state index is 0.213. The number of nitrogens with zero attached hydrogens (tertiary/aromatic N) is 1. The third-order valence-corrected chi connectivity index (χ3v) is 4.53. The number of halogens is 1. The van der Waals surface area contributed by atoms with Gasteiger partial charge in [-0.1, -0.05) is 0 Å². The molecule has 0 aliphatic carbocycles. The first kappa shape index (κ1) is 18.9. The van der Waals surface area contributed by atoms with Crippen LogP contribution in [-0.2, 0) is 16.1 Å². The SMILES string of the molecule is CC(C)(Oc1ccc(F)cc1)C(=O)N1CCCC1C(=O)NCc1ccco1. The molecule has 1 N–H and O–H groups in total. The third-order valence-electron chi connectivity index (χ3n) is 4.53. The Labute approximate surface area is 157 Å². The van der Waals surface area contributed by atoms with Gasteiger partial charge in [-0.25, -0.2) is 4.39 Å². The van der Waals surface area contributed by atoms with Gasteiger partial charge in [0.15, 0.2) is 5.60 Å².